The minimum Gasteiger partial charge on any atom is -0.313 e. The molecule has 2 N–H and O–H groups in total. The van der Waals surface area contributed by atoms with Crippen LogP contribution in [0.15, 0.2) is 0 Å². The minimum atomic E-state index is -0.536. The van der Waals surface area contributed by atoms with Gasteiger partial charge in [0.1, 0.15) is 5.54 Å². The average Bonchev–Trinajstić information content (AvgIpc) is 2.22. The number of nitrogens with two attached hydrogens (primary N) is 1. The van der Waals surface area contributed by atoms with E-state index in [9.17, 15) is 0 Å². The number of nitrogens with zero attached hydrogens (tertiary/aromatic N) is 2. The summed E-state index contributed by atoms with van der Waals surface area (Å²) >= 11 is 0. The lowest BCUT2D eigenvalue weighted by atomic mass is 9.90. The highest BCUT2D eigenvalue weighted by atomic mass is 15.1. The molecule has 78 valence electrons. The molecular weight excluding hydrogens is 162 g/mol. The van der Waals surface area contributed by atoms with Gasteiger partial charge in [-0.1, -0.05) is 20.8 Å². The van der Waals surface area contributed by atoms with Crippen LogP contribution in [0.25, 0.3) is 0 Å². The van der Waals surface area contributed by atoms with Gasteiger partial charge in [0.15, 0.2) is 0 Å². The molecule has 3 nitrogen and oxygen atoms in total. The number of rotatable bonds is 1. The van der Waals surface area contributed by atoms with Gasteiger partial charge in [0, 0.05) is 14.5 Å². The largest absolute Gasteiger partial charge is 0.313 e. The molecule has 0 amide bonds. The molecule has 1 saturated heterocycles. The zero-order valence-electron chi connectivity index (χ0n) is 9.01. The van der Waals surface area contributed by atoms with E-state index in [0.29, 0.717) is 0 Å². The maximum absolute atomic E-state index is 8.72. The van der Waals surface area contributed by atoms with Crippen molar-refractivity contribution in [3.63, 3.8) is 0 Å². The standard InChI is InChI=1S/C8H15N3.C2H6.H2/c1-2-11-5-3-8(10,7-9)4-6-11;1-2;/h2-6,10H2,1H3;1-2H3;1H. The van der Waals surface area contributed by atoms with Crippen molar-refractivity contribution in [1.29, 1.82) is 5.26 Å². The zero-order valence-corrected chi connectivity index (χ0v) is 9.01. The summed E-state index contributed by atoms with van der Waals surface area (Å²) < 4.78 is 0. The summed E-state index contributed by atoms with van der Waals surface area (Å²) in [4.78, 5) is 2.32. The van der Waals surface area contributed by atoms with Crippen LogP contribution in [0.2, 0.25) is 0 Å². The van der Waals surface area contributed by atoms with Crippen molar-refractivity contribution in [2.75, 3.05) is 19.6 Å². The molecule has 0 bridgehead atoms. The molecule has 1 aliphatic rings. The SMILES string of the molecule is CC.CCN1CCC(N)(C#N)CC1.[HH]. The maximum atomic E-state index is 8.72. The van der Waals surface area contributed by atoms with Crippen LogP contribution in [-0.2, 0) is 0 Å². The summed E-state index contributed by atoms with van der Waals surface area (Å²) in [5, 5.41) is 8.72. The fourth-order valence-corrected chi connectivity index (χ4v) is 1.38. The van der Waals surface area contributed by atoms with E-state index in [1.165, 1.54) is 0 Å². The van der Waals surface area contributed by atoms with Crippen LogP contribution < -0.4 is 5.73 Å². The van der Waals surface area contributed by atoms with Crippen molar-refractivity contribution in [3.8, 4) is 6.07 Å². The third kappa shape index (κ3) is 3.75. The Bertz CT molecular complexity index is 169. The lowest BCUT2D eigenvalue weighted by Crippen LogP contribution is -2.49. The van der Waals surface area contributed by atoms with Gasteiger partial charge in [0.05, 0.1) is 6.07 Å². The fourth-order valence-electron chi connectivity index (χ4n) is 1.38. The molecule has 0 aliphatic carbocycles. The summed E-state index contributed by atoms with van der Waals surface area (Å²) in [5.74, 6) is 0. The Labute approximate surface area is 83.0 Å². The number of hydrogen-bond donors (Lipinski definition) is 1. The van der Waals surface area contributed by atoms with Gasteiger partial charge in [0.2, 0.25) is 0 Å². The van der Waals surface area contributed by atoms with E-state index >= 15 is 0 Å². The highest BCUT2D eigenvalue weighted by Crippen LogP contribution is 2.17. The average molecular weight is 185 g/mol. The second kappa shape index (κ2) is 5.95. The summed E-state index contributed by atoms with van der Waals surface area (Å²) in [6.07, 6.45) is 1.63. The Morgan fingerprint density at radius 1 is 1.46 bits per heavy atom. The molecule has 0 unspecified atom stereocenters. The van der Waals surface area contributed by atoms with Gasteiger partial charge in [-0.15, -0.1) is 0 Å². The highest BCUT2D eigenvalue weighted by Gasteiger charge is 2.29. The second-order valence-corrected chi connectivity index (χ2v) is 3.20. The molecule has 0 radical (unpaired) electrons. The minimum absolute atomic E-state index is 0. The van der Waals surface area contributed by atoms with Crippen LogP contribution in [0.5, 0.6) is 0 Å². The normalized spacial score (nSPS) is 21.2. The highest BCUT2D eigenvalue weighted by molar-refractivity contribution is 5.07. The fraction of sp³-hybridized carbons (Fsp3) is 0.900. The molecule has 1 rings (SSSR count). The molecule has 0 aromatic rings. The first kappa shape index (κ1) is 12.4. The van der Waals surface area contributed by atoms with E-state index in [-0.39, 0.29) is 1.43 Å². The van der Waals surface area contributed by atoms with E-state index in [2.05, 4.69) is 17.9 Å². The third-order valence-corrected chi connectivity index (χ3v) is 2.42. The van der Waals surface area contributed by atoms with Crippen molar-refractivity contribution in [1.82, 2.24) is 4.90 Å². The Morgan fingerprint density at radius 2 is 1.92 bits per heavy atom. The predicted molar refractivity (Wildman–Crippen MR) is 57.3 cm³/mol. The van der Waals surface area contributed by atoms with Crippen LogP contribution in [0, 0.1) is 11.3 Å². The van der Waals surface area contributed by atoms with E-state index in [1.54, 1.807) is 0 Å². The molecule has 0 aromatic heterocycles. The molecular formula is C10H23N3. The van der Waals surface area contributed by atoms with Crippen LogP contribution >= 0.6 is 0 Å². The van der Waals surface area contributed by atoms with Crippen molar-refractivity contribution in [2.24, 2.45) is 5.73 Å². The van der Waals surface area contributed by atoms with Gasteiger partial charge in [0.25, 0.3) is 0 Å². The van der Waals surface area contributed by atoms with Crippen LogP contribution in [0.1, 0.15) is 35.0 Å². The number of likely N-dealkylation sites (tertiary alicyclic amines) is 1. The number of piperidine rings is 1. The van der Waals surface area contributed by atoms with E-state index in [4.69, 9.17) is 11.0 Å². The van der Waals surface area contributed by atoms with Crippen molar-refractivity contribution in [2.45, 2.75) is 39.2 Å². The first-order valence-corrected chi connectivity index (χ1v) is 5.13. The van der Waals surface area contributed by atoms with Gasteiger partial charge in [-0.2, -0.15) is 5.26 Å². The van der Waals surface area contributed by atoms with E-state index in [1.807, 2.05) is 13.8 Å². The molecule has 13 heavy (non-hydrogen) atoms. The predicted octanol–water partition coefficient (Wildman–Crippen LogP) is 1.60. The molecule has 0 atom stereocenters. The van der Waals surface area contributed by atoms with Crippen molar-refractivity contribution in [3.05, 3.63) is 0 Å². The lowest BCUT2D eigenvalue weighted by Gasteiger charge is -2.33. The van der Waals surface area contributed by atoms with Crippen molar-refractivity contribution < 1.29 is 1.43 Å². The zero-order chi connectivity index (χ0) is 10.3. The Kier molecular flexibility index (Phi) is 5.68. The van der Waals surface area contributed by atoms with Gasteiger partial charge in [-0.3, -0.25) is 0 Å². The Balaban J connectivity index is 0. The van der Waals surface area contributed by atoms with Crippen LogP contribution in [0.4, 0.5) is 0 Å². The van der Waals surface area contributed by atoms with Gasteiger partial charge in [-0.05, 0) is 19.4 Å². The number of hydrogen-bond acceptors (Lipinski definition) is 3. The molecule has 1 fully saturated rings. The third-order valence-electron chi connectivity index (χ3n) is 2.42. The smallest absolute Gasteiger partial charge is 0.106 e. The second-order valence-electron chi connectivity index (χ2n) is 3.20. The first-order valence-electron chi connectivity index (χ1n) is 5.13. The summed E-state index contributed by atoms with van der Waals surface area (Å²) in [7, 11) is 0. The van der Waals surface area contributed by atoms with Gasteiger partial charge >= 0.3 is 0 Å². The maximum Gasteiger partial charge on any atom is 0.106 e. The Hall–Kier alpha value is -0.590. The van der Waals surface area contributed by atoms with Gasteiger partial charge < -0.3 is 10.6 Å². The summed E-state index contributed by atoms with van der Waals surface area (Å²) in [6, 6.07) is 2.18. The molecule has 1 heterocycles. The quantitative estimate of drug-likeness (QED) is 0.675. The first-order chi connectivity index (χ1) is 6.20. The van der Waals surface area contributed by atoms with Crippen molar-refractivity contribution >= 4 is 0 Å². The molecule has 0 spiro atoms. The topological polar surface area (TPSA) is 53.0 Å². The van der Waals surface area contributed by atoms with Crippen LogP contribution in [-0.4, -0.2) is 30.1 Å². The molecule has 0 aromatic carbocycles. The molecule has 3 heteroatoms. The molecule has 0 saturated carbocycles. The summed E-state index contributed by atoms with van der Waals surface area (Å²) in [6.45, 7) is 9.15. The monoisotopic (exact) mass is 185 g/mol. The summed E-state index contributed by atoms with van der Waals surface area (Å²) in [5.41, 5.74) is 5.25. The van der Waals surface area contributed by atoms with E-state index in [0.717, 1.165) is 32.5 Å². The number of nitriles is 1. The van der Waals surface area contributed by atoms with Gasteiger partial charge in [-0.25, -0.2) is 0 Å². The van der Waals surface area contributed by atoms with E-state index < -0.39 is 5.54 Å². The van der Waals surface area contributed by atoms with Crippen LogP contribution in [0.3, 0.4) is 0 Å². The lowest BCUT2D eigenvalue weighted by molar-refractivity contribution is 0.197. The Morgan fingerprint density at radius 3 is 2.23 bits per heavy atom. The molecule has 1 aliphatic heterocycles.